The smallest absolute Gasteiger partial charge is 0.231 e. The van der Waals surface area contributed by atoms with Gasteiger partial charge in [-0.15, -0.1) is 11.8 Å². The first-order chi connectivity index (χ1) is 10.6. The first-order valence-electron chi connectivity index (χ1n) is 7.27. The Morgan fingerprint density at radius 3 is 2.82 bits per heavy atom. The molecule has 114 valence electrons. The molecule has 1 aliphatic heterocycles. The molecule has 2 heterocycles. The first-order valence-corrected chi connectivity index (χ1v) is 8.25. The zero-order chi connectivity index (χ0) is 15.5. The second kappa shape index (κ2) is 6.40. The maximum atomic E-state index is 12.6. The number of carbonyl (C=O) groups is 1. The highest BCUT2D eigenvalue weighted by Crippen LogP contribution is 2.31. The van der Waals surface area contributed by atoms with Crippen LogP contribution in [0.4, 0.5) is 0 Å². The molecule has 1 saturated heterocycles. The van der Waals surface area contributed by atoms with Crippen LogP contribution in [0.3, 0.4) is 0 Å². The van der Waals surface area contributed by atoms with Crippen LogP contribution in [0.1, 0.15) is 22.6 Å². The highest BCUT2D eigenvalue weighted by atomic mass is 32.2. The molecule has 1 amide bonds. The predicted molar refractivity (Wildman–Crippen MR) is 88.3 cm³/mol. The van der Waals surface area contributed by atoms with Crippen molar-refractivity contribution in [2.24, 2.45) is 0 Å². The summed E-state index contributed by atoms with van der Waals surface area (Å²) in [6, 6.07) is 9.85. The molecule has 0 unspecified atom stereocenters. The van der Waals surface area contributed by atoms with Crippen molar-refractivity contribution in [3.05, 3.63) is 57.9 Å². The third kappa shape index (κ3) is 3.09. The standard InChI is InChI=1S/C17H18N2O2S/c1-12-15(13(2)21-18-12)11-17-19(8-9-22-17)16(20)10-14-6-4-3-5-7-14/h3-7,11H,8-10H2,1-2H3/b17-11+. The number of benzene rings is 1. The first kappa shape index (κ1) is 14.9. The Morgan fingerprint density at radius 1 is 1.36 bits per heavy atom. The minimum atomic E-state index is 0.134. The molecule has 1 fully saturated rings. The van der Waals surface area contributed by atoms with Crippen LogP contribution in [0.25, 0.3) is 6.08 Å². The molecule has 0 bridgehead atoms. The molecule has 5 heteroatoms. The number of carbonyl (C=O) groups excluding carboxylic acids is 1. The summed E-state index contributed by atoms with van der Waals surface area (Å²) in [6.45, 7) is 4.56. The van der Waals surface area contributed by atoms with Crippen molar-refractivity contribution in [1.82, 2.24) is 10.1 Å². The van der Waals surface area contributed by atoms with Gasteiger partial charge >= 0.3 is 0 Å². The molecule has 1 aliphatic rings. The molecule has 1 aromatic heterocycles. The van der Waals surface area contributed by atoms with E-state index in [0.717, 1.165) is 39.9 Å². The average molecular weight is 314 g/mol. The van der Waals surface area contributed by atoms with Crippen LogP contribution in [-0.4, -0.2) is 28.3 Å². The summed E-state index contributed by atoms with van der Waals surface area (Å²) < 4.78 is 5.19. The number of nitrogens with zero attached hydrogens (tertiary/aromatic N) is 2. The van der Waals surface area contributed by atoms with E-state index in [9.17, 15) is 4.79 Å². The summed E-state index contributed by atoms with van der Waals surface area (Å²) in [5, 5.41) is 4.95. The lowest BCUT2D eigenvalue weighted by molar-refractivity contribution is -0.127. The van der Waals surface area contributed by atoms with Crippen molar-refractivity contribution in [2.45, 2.75) is 20.3 Å². The summed E-state index contributed by atoms with van der Waals surface area (Å²) in [6.07, 6.45) is 2.45. The number of hydrogen-bond acceptors (Lipinski definition) is 4. The highest BCUT2D eigenvalue weighted by Gasteiger charge is 2.25. The maximum absolute atomic E-state index is 12.6. The molecule has 1 aromatic carbocycles. The molecule has 4 nitrogen and oxygen atoms in total. The van der Waals surface area contributed by atoms with Crippen molar-refractivity contribution in [2.75, 3.05) is 12.3 Å². The van der Waals surface area contributed by atoms with Crippen LogP contribution in [0.15, 0.2) is 39.9 Å². The quantitative estimate of drug-likeness (QED) is 0.871. The monoisotopic (exact) mass is 314 g/mol. The van der Waals surface area contributed by atoms with Gasteiger partial charge in [0.2, 0.25) is 5.91 Å². The van der Waals surface area contributed by atoms with Gasteiger partial charge in [0.05, 0.1) is 17.1 Å². The summed E-state index contributed by atoms with van der Waals surface area (Å²) in [5.41, 5.74) is 2.87. The van der Waals surface area contributed by atoms with Crippen molar-refractivity contribution in [3.8, 4) is 0 Å². The molecule has 0 radical (unpaired) electrons. The molecular weight excluding hydrogens is 296 g/mol. The van der Waals surface area contributed by atoms with Gasteiger partial charge < -0.3 is 9.42 Å². The Balaban J connectivity index is 1.80. The van der Waals surface area contributed by atoms with Gasteiger partial charge in [0.15, 0.2) is 0 Å². The predicted octanol–water partition coefficient (Wildman–Crippen LogP) is 3.41. The van der Waals surface area contributed by atoms with Gasteiger partial charge in [-0.2, -0.15) is 0 Å². The van der Waals surface area contributed by atoms with Gasteiger partial charge in [-0.3, -0.25) is 4.79 Å². The van der Waals surface area contributed by atoms with Crippen molar-refractivity contribution in [3.63, 3.8) is 0 Å². The maximum Gasteiger partial charge on any atom is 0.231 e. The van der Waals surface area contributed by atoms with Crippen LogP contribution in [0, 0.1) is 13.8 Å². The van der Waals surface area contributed by atoms with E-state index in [1.807, 2.05) is 55.2 Å². The third-order valence-corrected chi connectivity index (χ3v) is 4.71. The molecule has 0 spiro atoms. The fourth-order valence-electron chi connectivity index (χ4n) is 2.48. The number of hydrogen-bond donors (Lipinski definition) is 0. The van der Waals surface area contributed by atoms with E-state index in [1.54, 1.807) is 11.8 Å². The van der Waals surface area contributed by atoms with Crippen LogP contribution in [0.2, 0.25) is 0 Å². The van der Waals surface area contributed by atoms with E-state index >= 15 is 0 Å². The number of thioether (sulfide) groups is 1. The normalized spacial score (nSPS) is 16.5. The molecule has 0 saturated carbocycles. The number of aryl methyl sites for hydroxylation is 2. The molecule has 2 aromatic rings. The Kier molecular flexibility index (Phi) is 4.34. The molecule has 0 N–H and O–H groups in total. The minimum absolute atomic E-state index is 0.134. The van der Waals surface area contributed by atoms with Crippen molar-refractivity contribution >= 4 is 23.7 Å². The second-order valence-corrected chi connectivity index (χ2v) is 6.39. The van der Waals surface area contributed by atoms with E-state index in [4.69, 9.17) is 4.52 Å². The Bertz CT molecular complexity index is 687. The lowest BCUT2D eigenvalue weighted by Crippen LogP contribution is -2.28. The van der Waals surface area contributed by atoms with Gasteiger partial charge in [-0.1, -0.05) is 35.5 Å². The number of rotatable bonds is 3. The van der Waals surface area contributed by atoms with Gasteiger partial charge in [-0.25, -0.2) is 0 Å². The average Bonchev–Trinajstić information content (AvgIpc) is 3.10. The van der Waals surface area contributed by atoms with Crippen molar-refractivity contribution < 1.29 is 9.32 Å². The van der Waals surface area contributed by atoms with Crippen LogP contribution < -0.4 is 0 Å². The SMILES string of the molecule is Cc1noc(C)c1/C=C1/SCCN1C(=O)Cc1ccccc1. The fourth-order valence-corrected chi connectivity index (χ4v) is 3.52. The van der Waals surface area contributed by atoms with Gasteiger partial charge in [0.1, 0.15) is 5.76 Å². The molecular formula is C17H18N2O2S. The number of aromatic nitrogens is 1. The summed E-state index contributed by atoms with van der Waals surface area (Å²) in [4.78, 5) is 14.4. The Labute approximate surface area is 134 Å². The van der Waals surface area contributed by atoms with E-state index in [0.29, 0.717) is 6.42 Å². The van der Waals surface area contributed by atoms with E-state index < -0.39 is 0 Å². The fraction of sp³-hybridized carbons (Fsp3) is 0.294. The Morgan fingerprint density at radius 2 is 2.14 bits per heavy atom. The topological polar surface area (TPSA) is 46.3 Å². The zero-order valence-electron chi connectivity index (χ0n) is 12.7. The van der Waals surface area contributed by atoms with Gasteiger partial charge in [-0.05, 0) is 25.5 Å². The summed E-state index contributed by atoms with van der Waals surface area (Å²) in [7, 11) is 0. The highest BCUT2D eigenvalue weighted by molar-refractivity contribution is 8.03. The van der Waals surface area contributed by atoms with Crippen LogP contribution in [-0.2, 0) is 11.2 Å². The van der Waals surface area contributed by atoms with E-state index in [-0.39, 0.29) is 5.91 Å². The lowest BCUT2D eigenvalue weighted by Gasteiger charge is -2.17. The Hall–Kier alpha value is -2.01. The van der Waals surface area contributed by atoms with Crippen molar-refractivity contribution in [1.29, 1.82) is 0 Å². The molecule has 0 atom stereocenters. The molecule has 0 aliphatic carbocycles. The van der Waals surface area contributed by atoms with Crippen LogP contribution in [0.5, 0.6) is 0 Å². The summed E-state index contributed by atoms with van der Waals surface area (Å²) >= 11 is 1.70. The number of amides is 1. The largest absolute Gasteiger partial charge is 0.361 e. The van der Waals surface area contributed by atoms with Gasteiger partial charge in [0.25, 0.3) is 0 Å². The lowest BCUT2D eigenvalue weighted by atomic mass is 10.1. The molecule has 22 heavy (non-hydrogen) atoms. The third-order valence-electron chi connectivity index (χ3n) is 3.69. The molecule has 3 rings (SSSR count). The minimum Gasteiger partial charge on any atom is -0.361 e. The van der Waals surface area contributed by atoms with E-state index in [2.05, 4.69) is 5.16 Å². The van der Waals surface area contributed by atoms with Gasteiger partial charge in [0, 0.05) is 17.9 Å². The zero-order valence-corrected chi connectivity index (χ0v) is 13.5. The van der Waals surface area contributed by atoms with E-state index in [1.165, 1.54) is 0 Å². The van der Waals surface area contributed by atoms with Crippen LogP contribution >= 0.6 is 11.8 Å². The second-order valence-electron chi connectivity index (χ2n) is 5.28. The summed E-state index contributed by atoms with van der Waals surface area (Å²) in [5.74, 6) is 1.85.